The molecule has 0 saturated heterocycles. The molecule has 0 spiro atoms. The van der Waals surface area contributed by atoms with E-state index in [0.29, 0.717) is 0 Å². The third kappa shape index (κ3) is 3.30. The summed E-state index contributed by atoms with van der Waals surface area (Å²) in [5.41, 5.74) is 4.07. The van der Waals surface area contributed by atoms with Crippen LogP contribution in [0.5, 0.6) is 0 Å². The van der Waals surface area contributed by atoms with Gasteiger partial charge in [-0.05, 0) is 43.5 Å². The van der Waals surface area contributed by atoms with Crippen molar-refractivity contribution in [3.05, 3.63) is 34.9 Å². The van der Waals surface area contributed by atoms with Crippen molar-refractivity contribution in [1.82, 2.24) is 5.32 Å². The largest absolute Gasteiger partial charge is 0.379 e. The Balaban J connectivity index is 3.08. The summed E-state index contributed by atoms with van der Waals surface area (Å²) in [6.45, 7) is 9.62. The van der Waals surface area contributed by atoms with Gasteiger partial charge in [-0.25, -0.2) is 0 Å². The molecule has 1 aromatic carbocycles. The van der Waals surface area contributed by atoms with Crippen molar-refractivity contribution in [2.24, 2.45) is 0 Å². The zero-order valence-corrected chi connectivity index (χ0v) is 11.7. The van der Waals surface area contributed by atoms with E-state index in [-0.39, 0.29) is 12.1 Å². The number of nitrogens with one attached hydrogen (secondary N) is 1. The number of rotatable bonds is 6. The molecule has 2 atom stereocenters. The van der Waals surface area contributed by atoms with Crippen LogP contribution >= 0.6 is 0 Å². The molecule has 0 radical (unpaired) electrons. The molecule has 0 heterocycles. The normalized spacial score (nSPS) is 14.6. The highest BCUT2D eigenvalue weighted by atomic mass is 16.5. The van der Waals surface area contributed by atoms with Crippen LogP contribution in [-0.4, -0.2) is 19.8 Å². The fraction of sp³-hybridized carbons (Fsp3) is 0.600. The van der Waals surface area contributed by atoms with Crippen molar-refractivity contribution >= 4 is 0 Å². The van der Waals surface area contributed by atoms with Gasteiger partial charge >= 0.3 is 0 Å². The van der Waals surface area contributed by atoms with Crippen LogP contribution in [0.1, 0.15) is 43.0 Å². The minimum absolute atomic E-state index is 0.232. The highest BCUT2D eigenvalue weighted by molar-refractivity contribution is 5.36. The Morgan fingerprint density at radius 3 is 2.47 bits per heavy atom. The van der Waals surface area contributed by atoms with Gasteiger partial charge in [0.1, 0.15) is 0 Å². The van der Waals surface area contributed by atoms with E-state index < -0.39 is 0 Å². The Kier molecular flexibility index (Phi) is 5.66. The Hall–Kier alpha value is -0.860. The minimum Gasteiger partial charge on any atom is -0.379 e. The second kappa shape index (κ2) is 6.77. The maximum absolute atomic E-state index is 5.60. The molecule has 0 saturated carbocycles. The number of hydrogen-bond donors (Lipinski definition) is 1. The monoisotopic (exact) mass is 235 g/mol. The van der Waals surface area contributed by atoms with Crippen molar-refractivity contribution in [3.8, 4) is 0 Å². The van der Waals surface area contributed by atoms with E-state index in [2.05, 4.69) is 51.2 Å². The van der Waals surface area contributed by atoms with E-state index in [9.17, 15) is 0 Å². The lowest BCUT2D eigenvalue weighted by Gasteiger charge is -2.28. The van der Waals surface area contributed by atoms with Gasteiger partial charge in [0.25, 0.3) is 0 Å². The minimum atomic E-state index is 0.232. The quantitative estimate of drug-likeness (QED) is 0.816. The summed E-state index contributed by atoms with van der Waals surface area (Å²) in [6, 6.07) is 6.78. The van der Waals surface area contributed by atoms with E-state index in [0.717, 1.165) is 13.0 Å². The zero-order valence-electron chi connectivity index (χ0n) is 11.7. The Labute approximate surface area is 105 Å². The first-order valence-electron chi connectivity index (χ1n) is 6.47. The molecule has 1 N–H and O–H groups in total. The fourth-order valence-corrected chi connectivity index (χ4v) is 2.31. The van der Waals surface area contributed by atoms with E-state index in [1.807, 2.05) is 0 Å². The second-order valence-corrected chi connectivity index (χ2v) is 4.51. The molecule has 0 fully saturated rings. The number of aryl methyl sites for hydroxylation is 1. The third-order valence-corrected chi connectivity index (χ3v) is 3.48. The van der Waals surface area contributed by atoms with Crippen molar-refractivity contribution in [2.75, 3.05) is 13.7 Å². The first kappa shape index (κ1) is 14.2. The Morgan fingerprint density at radius 1 is 1.24 bits per heavy atom. The zero-order chi connectivity index (χ0) is 12.8. The van der Waals surface area contributed by atoms with E-state index in [1.54, 1.807) is 7.11 Å². The number of likely N-dealkylation sites (N-methyl/N-ethyl adjacent to an activating group) is 1. The van der Waals surface area contributed by atoms with Crippen LogP contribution in [0.15, 0.2) is 18.2 Å². The Bertz CT molecular complexity index is 345. The lowest BCUT2D eigenvalue weighted by atomic mass is 9.93. The third-order valence-electron chi connectivity index (χ3n) is 3.48. The lowest BCUT2D eigenvalue weighted by molar-refractivity contribution is 0.0654. The molecule has 0 aliphatic rings. The number of ether oxygens (including phenoxy) is 1. The average molecular weight is 235 g/mol. The summed E-state index contributed by atoms with van der Waals surface area (Å²) in [5, 5.41) is 3.54. The molecule has 0 bridgehead atoms. The van der Waals surface area contributed by atoms with Gasteiger partial charge in [-0.3, -0.25) is 0 Å². The molecule has 0 aromatic heterocycles. The van der Waals surface area contributed by atoms with Crippen LogP contribution in [0.25, 0.3) is 0 Å². The van der Waals surface area contributed by atoms with Gasteiger partial charge < -0.3 is 10.1 Å². The van der Waals surface area contributed by atoms with Gasteiger partial charge in [0, 0.05) is 7.11 Å². The maximum atomic E-state index is 5.60. The van der Waals surface area contributed by atoms with E-state index in [4.69, 9.17) is 4.74 Å². The average Bonchev–Trinajstić information content (AvgIpc) is 2.33. The molecule has 2 nitrogen and oxygen atoms in total. The predicted octanol–water partition coefficient (Wildman–Crippen LogP) is 3.38. The van der Waals surface area contributed by atoms with Gasteiger partial charge in [-0.2, -0.15) is 0 Å². The molecule has 0 aliphatic carbocycles. The van der Waals surface area contributed by atoms with Crippen LogP contribution < -0.4 is 5.32 Å². The maximum Gasteiger partial charge on any atom is 0.0763 e. The Morgan fingerprint density at radius 2 is 1.94 bits per heavy atom. The standard InChI is InChI=1S/C15H25NO/c1-6-14(17-5)15(16-7-2)13-10-8-9-11(3)12(13)4/h8-10,14-16H,6-7H2,1-5H3. The van der Waals surface area contributed by atoms with Crippen molar-refractivity contribution in [1.29, 1.82) is 0 Å². The fourth-order valence-electron chi connectivity index (χ4n) is 2.31. The van der Waals surface area contributed by atoms with E-state index >= 15 is 0 Å². The molecule has 1 rings (SSSR count). The highest BCUT2D eigenvalue weighted by Crippen LogP contribution is 2.25. The van der Waals surface area contributed by atoms with E-state index in [1.165, 1.54) is 16.7 Å². The lowest BCUT2D eigenvalue weighted by Crippen LogP contribution is -2.33. The van der Waals surface area contributed by atoms with Crippen LogP contribution in [0.2, 0.25) is 0 Å². The van der Waals surface area contributed by atoms with Crippen molar-refractivity contribution in [3.63, 3.8) is 0 Å². The molecular weight excluding hydrogens is 210 g/mol. The van der Waals surface area contributed by atoms with Crippen molar-refractivity contribution in [2.45, 2.75) is 46.3 Å². The summed E-state index contributed by atoms with van der Waals surface area (Å²) in [7, 11) is 1.80. The molecule has 96 valence electrons. The van der Waals surface area contributed by atoms with Gasteiger partial charge in [0.2, 0.25) is 0 Å². The molecular formula is C15H25NO. The summed E-state index contributed by atoms with van der Waals surface area (Å²) < 4.78 is 5.60. The first-order valence-corrected chi connectivity index (χ1v) is 6.47. The van der Waals surface area contributed by atoms with Crippen LogP contribution in [0.3, 0.4) is 0 Å². The first-order chi connectivity index (χ1) is 8.15. The highest BCUT2D eigenvalue weighted by Gasteiger charge is 2.22. The summed E-state index contributed by atoms with van der Waals surface area (Å²) in [4.78, 5) is 0. The van der Waals surface area contributed by atoms with Crippen LogP contribution in [0, 0.1) is 13.8 Å². The summed E-state index contributed by atoms with van der Waals surface area (Å²) >= 11 is 0. The second-order valence-electron chi connectivity index (χ2n) is 4.51. The SMILES string of the molecule is CCNC(c1cccc(C)c1C)C(CC)OC. The number of benzene rings is 1. The summed E-state index contributed by atoms with van der Waals surface area (Å²) in [6.07, 6.45) is 1.25. The molecule has 0 amide bonds. The molecule has 0 aliphatic heterocycles. The molecule has 2 heteroatoms. The predicted molar refractivity (Wildman–Crippen MR) is 73.4 cm³/mol. The summed E-state index contributed by atoms with van der Waals surface area (Å²) in [5.74, 6) is 0. The van der Waals surface area contributed by atoms with Crippen molar-refractivity contribution < 1.29 is 4.74 Å². The van der Waals surface area contributed by atoms with Gasteiger partial charge in [0.15, 0.2) is 0 Å². The van der Waals surface area contributed by atoms with Gasteiger partial charge in [-0.1, -0.05) is 32.0 Å². The molecule has 2 unspecified atom stereocenters. The smallest absolute Gasteiger partial charge is 0.0763 e. The number of methoxy groups -OCH3 is 1. The van der Waals surface area contributed by atoms with Crippen LogP contribution in [-0.2, 0) is 4.74 Å². The molecule has 1 aromatic rings. The van der Waals surface area contributed by atoms with Gasteiger partial charge in [-0.15, -0.1) is 0 Å². The van der Waals surface area contributed by atoms with Crippen LogP contribution in [0.4, 0.5) is 0 Å². The topological polar surface area (TPSA) is 21.3 Å². The van der Waals surface area contributed by atoms with Gasteiger partial charge in [0.05, 0.1) is 12.1 Å². The number of hydrogen-bond acceptors (Lipinski definition) is 2. The molecule has 17 heavy (non-hydrogen) atoms.